The second kappa shape index (κ2) is 9.36. The second-order valence-electron chi connectivity index (χ2n) is 9.40. The van der Waals surface area contributed by atoms with Crippen LogP contribution in [0.4, 0.5) is 4.39 Å². The first-order valence-corrected chi connectivity index (χ1v) is 13.4. The maximum absolute atomic E-state index is 14.6. The van der Waals surface area contributed by atoms with Gasteiger partial charge in [0.1, 0.15) is 5.75 Å². The summed E-state index contributed by atoms with van der Waals surface area (Å²) in [4.78, 5) is 22.3. The number of pyridine rings is 2. The first-order valence-electron chi connectivity index (χ1n) is 11.9. The SMILES string of the molecule is COc1ccc(C)cc1[C@]1(C(=O)NS(=O)(=O)c2cccc3nc(C)ccc23)C[C@@H]1c1cnc(OC)c(F)c1. The van der Waals surface area contributed by atoms with Crippen molar-refractivity contribution in [3.63, 3.8) is 0 Å². The van der Waals surface area contributed by atoms with Gasteiger partial charge in [0.2, 0.25) is 11.8 Å². The molecule has 2 aromatic carbocycles. The Hall–Kier alpha value is -4.05. The van der Waals surface area contributed by atoms with Crippen molar-refractivity contribution in [3.8, 4) is 11.6 Å². The van der Waals surface area contributed by atoms with Crippen LogP contribution in [0.5, 0.6) is 11.6 Å². The van der Waals surface area contributed by atoms with Crippen LogP contribution in [0.25, 0.3) is 10.9 Å². The van der Waals surface area contributed by atoms with Gasteiger partial charge in [0, 0.05) is 28.8 Å². The molecule has 0 saturated heterocycles. The lowest BCUT2D eigenvalue weighted by Gasteiger charge is -2.21. The maximum Gasteiger partial charge on any atom is 0.264 e. The van der Waals surface area contributed by atoms with Gasteiger partial charge in [-0.25, -0.2) is 22.5 Å². The molecule has 2 aromatic heterocycles. The Morgan fingerprint density at radius 1 is 1.08 bits per heavy atom. The third-order valence-corrected chi connectivity index (χ3v) is 8.36. The number of fused-ring (bicyclic) bond motifs is 1. The van der Waals surface area contributed by atoms with Crippen molar-refractivity contribution < 1.29 is 27.1 Å². The molecule has 1 amide bonds. The number of nitrogens with one attached hydrogen (secondary N) is 1. The van der Waals surface area contributed by atoms with E-state index in [2.05, 4.69) is 14.7 Å². The highest BCUT2D eigenvalue weighted by Gasteiger charge is 2.63. The first kappa shape index (κ1) is 25.6. The van der Waals surface area contributed by atoms with E-state index in [1.807, 2.05) is 19.9 Å². The molecule has 1 N–H and O–H groups in total. The molecule has 4 aromatic rings. The molecule has 1 aliphatic carbocycles. The van der Waals surface area contributed by atoms with Crippen molar-refractivity contribution in [1.82, 2.24) is 14.7 Å². The summed E-state index contributed by atoms with van der Waals surface area (Å²) in [5.74, 6) is -1.69. The zero-order valence-corrected chi connectivity index (χ0v) is 22.1. The largest absolute Gasteiger partial charge is 0.496 e. The van der Waals surface area contributed by atoms with E-state index in [0.717, 1.165) is 11.3 Å². The van der Waals surface area contributed by atoms with Gasteiger partial charge in [0.05, 0.1) is 30.0 Å². The fraction of sp³-hybridized carbons (Fsp3) is 0.250. The smallest absolute Gasteiger partial charge is 0.264 e. The predicted octanol–water partition coefficient (Wildman–Crippen LogP) is 4.33. The van der Waals surface area contributed by atoms with Crippen LogP contribution in [0.1, 0.15) is 34.7 Å². The minimum Gasteiger partial charge on any atom is -0.496 e. The molecule has 0 aliphatic heterocycles. The number of aryl methyl sites for hydroxylation is 2. The molecule has 1 fully saturated rings. The Kier molecular flexibility index (Phi) is 6.30. The molecule has 196 valence electrons. The van der Waals surface area contributed by atoms with Gasteiger partial charge >= 0.3 is 0 Å². The van der Waals surface area contributed by atoms with E-state index in [1.165, 1.54) is 32.5 Å². The van der Waals surface area contributed by atoms with Gasteiger partial charge in [-0.05, 0) is 62.2 Å². The summed E-state index contributed by atoms with van der Waals surface area (Å²) in [7, 11) is -1.50. The van der Waals surface area contributed by atoms with Crippen molar-refractivity contribution in [1.29, 1.82) is 0 Å². The maximum atomic E-state index is 14.6. The number of ether oxygens (including phenoxy) is 2. The number of aromatic nitrogens is 2. The lowest BCUT2D eigenvalue weighted by atomic mass is 9.88. The molecule has 0 radical (unpaired) electrons. The van der Waals surface area contributed by atoms with Gasteiger partial charge in [0.15, 0.2) is 5.82 Å². The number of amides is 1. The van der Waals surface area contributed by atoms with Gasteiger partial charge in [-0.1, -0.05) is 23.8 Å². The summed E-state index contributed by atoms with van der Waals surface area (Å²) in [5.41, 5.74) is 1.73. The van der Waals surface area contributed by atoms with Gasteiger partial charge in [0.25, 0.3) is 10.0 Å². The standard InChI is InChI=1S/C28H26FN3O5S/c1-16-8-11-24(36-3)20(12-16)28(14-21(28)18-13-22(29)26(37-4)30-15-18)27(33)32-38(34,35)25-7-5-6-23-19(25)10-9-17(2)31-23/h5-13,15,21H,14H2,1-4H3,(H,32,33)/t21-,28-/m1/s1. The van der Waals surface area contributed by atoms with E-state index in [4.69, 9.17) is 9.47 Å². The summed E-state index contributed by atoms with van der Waals surface area (Å²) >= 11 is 0. The van der Waals surface area contributed by atoms with Crippen molar-refractivity contribution in [2.75, 3.05) is 14.2 Å². The predicted molar refractivity (Wildman–Crippen MR) is 139 cm³/mol. The zero-order chi connectivity index (χ0) is 27.2. The van der Waals surface area contributed by atoms with Crippen molar-refractivity contribution in [3.05, 3.63) is 89.0 Å². The third kappa shape index (κ3) is 4.24. The van der Waals surface area contributed by atoms with Gasteiger partial charge in [-0.2, -0.15) is 0 Å². The van der Waals surface area contributed by atoms with Crippen molar-refractivity contribution in [2.24, 2.45) is 0 Å². The summed E-state index contributed by atoms with van der Waals surface area (Å²) in [6.07, 6.45) is 1.68. The van der Waals surface area contributed by atoms with E-state index >= 15 is 0 Å². The minimum absolute atomic E-state index is 0.0587. The lowest BCUT2D eigenvalue weighted by molar-refractivity contribution is -0.122. The summed E-state index contributed by atoms with van der Waals surface area (Å²) in [6, 6.07) is 14.7. The molecule has 0 bridgehead atoms. The Morgan fingerprint density at radius 2 is 1.87 bits per heavy atom. The van der Waals surface area contributed by atoms with Crippen LogP contribution >= 0.6 is 0 Å². The highest BCUT2D eigenvalue weighted by molar-refractivity contribution is 7.90. The van der Waals surface area contributed by atoms with E-state index in [1.54, 1.807) is 36.4 Å². The van der Waals surface area contributed by atoms with Crippen molar-refractivity contribution >= 4 is 26.8 Å². The molecule has 1 saturated carbocycles. The normalized spacial score (nSPS) is 18.7. The highest BCUT2D eigenvalue weighted by atomic mass is 32.2. The molecule has 10 heteroatoms. The lowest BCUT2D eigenvalue weighted by Crippen LogP contribution is -2.40. The minimum atomic E-state index is -4.29. The van der Waals surface area contributed by atoms with Crippen LogP contribution in [0.3, 0.4) is 0 Å². The Labute approximate surface area is 219 Å². The number of carbonyl (C=O) groups is 1. The molecule has 8 nitrogen and oxygen atoms in total. The second-order valence-corrected chi connectivity index (χ2v) is 11.1. The monoisotopic (exact) mass is 535 g/mol. The summed E-state index contributed by atoms with van der Waals surface area (Å²) in [6.45, 7) is 3.67. The molecule has 1 aliphatic rings. The fourth-order valence-electron chi connectivity index (χ4n) is 5.02. The number of carbonyl (C=O) groups excluding carboxylic acids is 1. The molecule has 38 heavy (non-hydrogen) atoms. The molecule has 0 unspecified atom stereocenters. The number of methoxy groups -OCH3 is 2. The molecular formula is C28H26FN3O5S. The van der Waals surface area contributed by atoms with Gasteiger partial charge < -0.3 is 9.47 Å². The Balaban J connectivity index is 1.60. The Bertz CT molecular complexity index is 1690. The number of hydrogen-bond acceptors (Lipinski definition) is 7. The quantitative estimate of drug-likeness (QED) is 0.375. The van der Waals surface area contributed by atoms with Crippen LogP contribution in [0.2, 0.25) is 0 Å². The third-order valence-electron chi connectivity index (χ3n) is 6.97. The van der Waals surface area contributed by atoms with Gasteiger partial charge in [-0.15, -0.1) is 0 Å². The number of sulfonamides is 1. The average molecular weight is 536 g/mol. The zero-order valence-electron chi connectivity index (χ0n) is 21.3. The van der Waals surface area contributed by atoms with Crippen LogP contribution in [-0.4, -0.2) is 38.5 Å². The molecule has 2 heterocycles. The molecule has 2 atom stereocenters. The van der Waals surface area contributed by atoms with Crippen LogP contribution < -0.4 is 14.2 Å². The molecule has 5 rings (SSSR count). The van der Waals surface area contributed by atoms with E-state index in [-0.39, 0.29) is 17.2 Å². The van der Waals surface area contributed by atoms with E-state index in [0.29, 0.717) is 27.8 Å². The number of nitrogens with zero attached hydrogens (tertiary/aromatic N) is 2. The van der Waals surface area contributed by atoms with Crippen LogP contribution in [0, 0.1) is 19.7 Å². The van der Waals surface area contributed by atoms with E-state index in [9.17, 15) is 17.6 Å². The number of halogens is 1. The van der Waals surface area contributed by atoms with Crippen molar-refractivity contribution in [2.45, 2.75) is 36.5 Å². The Morgan fingerprint density at radius 3 is 2.58 bits per heavy atom. The number of rotatable bonds is 7. The topological polar surface area (TPSA) is 107 Å². The number of hydrogen-bond donors (Lipinski definition) is 1. The highest BCUT2D eigenvalue weighted by Crippen LogP contribution is 2.62. The number of benzene rings is 2. The fourth-order valence-corrected chi connectivity index (χ4v) is 6.27. The summed E-state index contributed by atoms with van der Waals surface area (Å²) in [5, 5.41) is 0.398. The molecule has 0 spiro atoms. The summed E-state index contributed by atoms with van der Waals surface area (Å²) < 4.78 is 54.5. The first-order chi connectivity index (χ1) is 18.1. The van der Waals surface area contributed by atoms with E-state index < -0.39 is 33.1 Å². The van der Waals surface area contributed by atoms with Gasteiger partial charge in [-0.3, -0.25) is 9.78 Å². The average Bonchev–Trinajstić information content (AvgIpc) is 3.65. The van der Waals surface area contributed by atoms with Crippen LogP contribution in [0.15, 0.2) is 65.7 Å². The molecular weight excluding hydrogens is 509 g/mol. The van der Waals surface area contributed by atoms with Crippen LogP contribution in [-0.2, 0) is 20.2 Å².